The molecule has 1 aromatic carbocycles. The summed E-state index contributed by atoms with van der Waals surface area (Å²) in [5.74, 6) is -49.3. The molecule has 0 saturated carbocycles. The minimum atomic E-state index is -8.92. The molecule has 2 rings (SSSR count). The molecule has 0 radical (unpaired) electrons. The van der Waals surface area contributed by atoms with Crippen LogP contribution in [0, 0.1) is 0 Å². The van der Waals surface area contributed by atoms with Gasteiger partial charge in [-0.3, -0.25) is 0 Å². The molecule has 1 heterocycles. The average molecular weight is 735 g/mol. The Kier molecular flexibility index (Phi) is 11.4. The van der Waals surface area contributed by atoms with Crippen LogP contribution in [0.3, 0.4) is 0 Å². The van der Waals surface area contributed by atoms with Gasteiger partial charge in [0.25, 0.3) is 0 Å². The van der Waals surface area contributed by atoms with E-state index in [1.54, 1.807) is 4.90 Å². The second-order valence-corrected chi connectivity index (χ2v) is 14.3. The zero-order valence-corrected chi connectivity index (χ0v) is 24.4. The van der Waals surface area contributed by atoms with Crippen molar-refractivity contribution in [1.29, 1.82) is 0 Å². The Morgan fingerprint density at radius 1 is 0.556 bits per heavy atom. The van der Waals surface area contributed by atoms with E-state index in [-0.39, 0.29) is 5.41 Å². The van der Waals surface area contributed by atoms with E-state index in [0.717, 1.165) is 0 Å². The molecular formula is C23H23F17O3S2. The van der Waals surface area contributed by atoms with Gasteiger partial charge < -0.3 is 4.55 Å². The van der Waals surface area contributed by atoms with E-state index in [0.29, 0.717) is 10.9 Å². The molecule has 1 fully saturated rings. The predicted octanol–water partition coefficient (Wildman–Crippen LogP) is 8.64. The maximum Gasteiger partial charge on any atom is 0.460 e. The molecule has 0 bridgehead atoms. The number of hydrogen-bond donors (Lipinski definition) is 0. The lowest BCUT2D eigenvalue weighted by atomic mass is 9.87. The number of rotatable bonds is 8. The minimum absolute atomic E-state index is 0.286. The van der Waals surface area contributed by atoms with Gasteiger partial charge in [0.05, 0.1) is 0 Å². The molecule has 0 spiro atoms. The monoisotopic (exact) mass is 734 g/mol. The van der Waals surface area contributed by atoms with Crippen LogP contribution in [-0.4, -0.2) is 71.4 Å². The van der Waals surface area contributed by atoms with Crippen LogP contribution in [0.25, 0.3) is 0 Å². The Balaban J connectivity index is 0.000000526. The Morgan fingerprint density at radius 2 is 0.889 bits per heavy atom. The van der Waals surface area contributed by atoms with Crippen molar-refractivity contribution in [3.8, 4) is 0 Å². The standard InChI is InChI=1S/C15H23S.C8HF17O3S/c1-15(2,3)13-7-9-14(10-8-13)16-11-5-4-6-12-16;9-1(10,3(13,14)5(17,18)7(21,22)23)2(11,12)4(15,16)6(19,20)8(24,25)29(26,27)28/h7-10H,4-6,11-12H2,1-3H3;(H,26,27,28)/q+1;/p-1. The summed E-state index contributed by atoms with van der Waals surface area (Å²) in [5.41, 5.74) is 1.74. The first-order chi connectivity index (χ1) is 19.6. The van der Waals surface area contributed by atoms with Gasteiger partial charge in [-0.1, -0.05) is 32.9 Å². The van der Waals surface area contributed by atoms with Crippen LogP contribution in [0.5, 0.6) is 0 Å². The van der Waals surface area contributed by atoms with Crippen LogP contribution < -0.4 is 0 Å². The Hall–Kier alpha value is -1.71. The molecule has 0 unspecified atom stereocenters. The van der Waals surface area contributed by atoms with Crippen molar-refractivity contribution in [2.45, 2.75) is 97.3 Å². The SMILES string of the molecule is CC(C)(C)c1ccc([S+]2CCCCC2)cc1.O=S(=O)([O-])C(F)(F)C(F)(F)C(F)(F)C(F)(F)C(F)(F)C(F)(F)C(F)(F)C(F)(F)F. The molecule has 0 aliphatic carbocycles. The highest BCUT2D eigenvalue weighted by atomic mass is 32.2. The van der Waals surface area contributed by atoms with E-state index in [2.05, 4.69) is 45.0 Å². The third-order valence-corrected chi connectivity index (χ3v) is 9.73. The lowest BCUT2D eigenvalue weighted by Gasteiger charge is -2.42. The summed E-state index contributed by atoms with van der Waals surface area (Å²) >= 11 is 0. The van der Waals surface area contributed by atoms with Gasteiger partial charge in [-0.15, -0.1) is 0 Å². The van der Waals surface area contributed by atoms with Crippen molar-refractivity contribution in [1.82, 2.24) is 0 Å². The Morgan fingerprint density at radius 3 is 1.20 bits per heavy atom. The Bertz CT molecular complexity index is 1260. The van der Waals surface area contributed by atoms with E-state index >= 15 is 0 Å². The van der Waals surface area contributed by atoms with Crippen LogP contribution >= 0.6 is 0 Å². The van der Waals surface area contributed by atoms with E-state index in [9.17, 15) is 87.6 Å². The highest BCUT2D eigenvalue weighted by Crippen LogP contribution is 2.64. The van der Waals surface area contributed by atoms with Crippen molar-refractivity contribution in [2.24, 2.45) is 0 Å². The number of benzene rings is 1. The fourth-order valence-corrected chi connectivity index (χ4v) is 6.26. The minimum Gasteiger partial charge on any atom is -0.743 e. The highest BCUT2D eigenvalue weighted by Gasteiger charge is 2.95. The second kappa shape index (κ2) is 12.4. The van der Waals surface area contributed by atoms with Crippen LogP contribution in [0.15, 0.2) is 29.2 Å². The van der Waals surface area contributed by atoms with Crippen LogP contribution in [0.4, 0.5) is 74.6 Å². The van der Waals surface area contributed by atoms with Gasteiger partial charge in [-0.25, -0.2) is 8.42 Å². The van der Waals surface area contributed by atoms with Crippen molar-refractivity contribution in [2.75, 3.05) is 11.5 Å². The third-order valence-electron chi connectivity index (χ3n) is 6.34. The maximum absolute atomic E-state index is 13.0. The van der Waals surface area contributed by atoms with Crippen LogP contribution in [0.1, 0.15) is 45.6 Å². The van der Waals surface area contributed by atoms with E-state index in [1.165, 1.54) is 36.3 Å². The summed E-state index contributed by atoms with van der Waals surface area (Å²) in [6.07, 6.45) is -3.58. The molecule has 3 nitrogen and oxygen atoms in total. The van der Waals surface area contributed by atoms with Crippen molar-refractivity contribution in [3.63, 3.8) is 0 Å². The summed E-state index contributed by atoms with van der Waals surface area (Å²) in [6, 6.07) is 9.40. The van der Waals surface area contributed by atoms with Gasteiger partial charge in [0.1, 0.15) is 11.5 Å². The lowest BCUT2D eigenvalue weighted by Crippen LogP contribution is -2.75. The average Bonchev–Trinajstić information content (AvgIpc) is 2.87. The third kappa shape index (κ3) is 7.11. The first-order valence-corrected chi connectivity index (χ1v) is 15.0. The molecule has 0 N–H and O–H groups in total. The molecule has 264 valence electrons. The first kappa shape index (κ1) is 41.3. The normalized spacial score (nSPS) is 17.5. The molecule has 1 aliphatic rings. The topological polar surface area (TPSA) is 57.2 Å². The lowest BCUT2D eigenvalue weighted by molar-refractivity contribution is -0.458. The molecule has 0 aromatic heterocycles. The van der Waals surface area contributed by atoms with Gasteiger partial charge in [0.15, 0.2) is 15.0 Å². The van der Waals surface area contributed by atoms with E-state index < -0.39 is 57.1 Å². The van der Waals surface area contributed by atoms with Gasteiger partial charge >= 0.3 is 47.0 Å². The molecule has 45 heavy (non-hydrogen) atoms. The van der Waals surface area contributed by atoms with Gasteiger partial charge in [-0.2, -0.15) is 74.6 Å². The summed E-state index contributed by atoms with van der Waals surface area (Å²) < 4.78 is 244. The molecule has 1 aliphatic heterocycles. The number of halogens is 17. The fourth-order valence-electron chi connectivity index (χ4n) is 3.52. The summed E-state index contributed by atoms with van der Waals surface area (Å²) in [5, 5.41) is -7.95. The summed E-state index contributed by atoms with van der Waals surface area (Å²) in [4.78, 5) is 1.59. The number of hydrogen-bond acceptors (Lipinski definition) is 3. The molecule has 22 heteroatoms. The van der Waals surface area contributed by atoms with Crippen molar-refractivity contribution in [3.05, 3.63) is 29.8 Å². The molecule has 0 atom stereocenters. The van der Waals surface area contributed by atoms with Crippen LogP contribution in [-0.2, 0) is 26.4 Å². The zero-order chi connectivity index (χ0) is 36.1. The second-order valence-electron chi connectivity index (χ2n) is 10.7. The molecule has 1 aromatic rings. The molecular weight excluding hydrogens is 711 g/mol. The number of alkyl halides is 17. The smallest absolute Gasteiger partial charge is 0.460 e. The summed E-state index contributed by atoms with van der Waals surface area (Å²) in [6.45, 7) is 6.85. The van der Waals surface area contributed by atoms with Gasteiger partial charge in [0, 0.05) is 10.9 Å². The largest absolute Gasteiger partial charge is 0.743 e. The van der Waals surface area contributed by atoms with E-state index in [1.807, 2.05) is 0 Å². The van der Waals surface area contributed by atoms with Crippen molar-refractivity contribution < 1.29 is 87.6 Å². The highest BCUT2D eigenvalue weighted by molar-refractivity contribution is 7.96. The quantitative estimate of drug-likeness (QED) is 0.153. The van der Waals surface area contributed by atoms with E-state index in [4.69, 9.17) is 0 Å². The Labute approximate surface area is 247 Å². The predicted molar refractivity (Wildman–Crippen MR) is 125 cm³/mol. The van der Waals surface area contributed by atoms with Gasteiger partial charge in [0.2, 0.25) is 0 Å². The zero-order valence-electron chi connectivity index (χ0n) is 22.8. The van der Waals surface area contributed by atoms with Crippen LogP contribution in [0.2, 0.25) is 0 Å². The molecule has 1 saturated heterocycles. The maximum atomic E-state index is 13.0. The first-order valence-electron chi connectivity index (χ1n) is 12.0. The summed E-state index contributed by atoms with van der Waals surface area (Å²) in [7, 11) is -7.59. The van der Waals surface area contributed by atoms with Crippen molar-refractivity contribution >= 4 is 21.0 Å². The molecule has 0 amide bonds. The fraction of sp³-hybridized carbons (Fsp3) is 0.739. The van der Waals surface area contributed by atoms with Gasteiger partial charge in [-0.05, 0) is 42.4 Å².